The molecule has 0 amide bonds. The van der Waals surface area contributed by atoms with Crippen LogP contribution in [0.2, 0.25) is 0 Å². The number of anilines is 1. The Kier molecular flexibility index (Phi) is 4.95. The van der Waals surface area contributed by atoms with Crippen LogP contribution in [0.15, 0.2) is 66.9 Å². The Labute approximate surface area is 184 Å². The highest BCUT2D eigenvalue weighted by Gasteiger charge is 2.15. The molecule has 0 saturated carbocycles. The maximum atomic E-state index is 5.96. The van der Waals surface area contributed by atoms with Gasteiger partial charge in [0.25, 0.3) is 0 Å². The molecule has 0 aliphatic heterocycles. The van der Waals surface area contributed by atoms with E-state index in [2.05, 4.69) is 45.4 Å². The van der Waals surface area contributed by atoms with E-state index in [-0.39, 0.29) is 5.95 Å². The van der Waals surface area contributed by atoms with Gasteiger partial charge >= 0.3 is 0 Å². The minimum absolute atomic E-state index is 0.152. The third kappa shape index (κ3) is 3.74. The van der Waals surface area contributed by atoms with E-state index < -0.39 is 0 Å². The fourth-order valence-electron chi connectivity index (χ4n) is 3.69. The Bertz CT molecular complexity index is 1430. The highest BCUT2D eigenvalue weighted by atomic mass is 16.5. The summed E-state index contributed by atoms with van der Waals surface area (Å²) in [6.45, 7) is 2.55. The fourth-order valence-corrected chi connectivity index (χ4v) is 3.69. The van der Waals surface area contributed by atoms with Crippen molar-refractivity contribution in [2.24, 2.45) is 0 Å². The van der Waals surface area contributed by atoms with Crippen molar-refractivity contribution < 1.29 is 4.74 Å². The molecule has 2 aromatic carbocycles. The van der Waals surface area contributed by atoms with Crippen molar-refractivity contribution in [3.05, 3.63) is 78.1 Å². The van der Waals surface area contributed by atoms with Gasteiger partial charge in [-0.3, -0.25) is 4.98 Å². The number of nitrogens with two attached hydrogens (primary N) is 1. The van der Waals surface area contributed by atoms with Crippen LogP contribution in [0.3, 0.4) is 0 Å². The van der Waals surface area contributed by atoms with Crippen LogP contribution >= 0.6 is 0 Å². The molecule has 0 atom stereocenters. The zero-order valence-electron chi connectivity index (χ0n) is 17.7. The lowest BCUT2D eigenvalue weighted by atomic mass is 10.1. The van der Waals surface area contributed by atoms with Crippen molar-refractivity contribution in [2.45, 2.75) is 13.5 Å². The highest BCUT2D eigenvalue weighted by molar-refractivity contribution is 5.95. The maximum absolute atomic E-state index is 5.96. The molecule has 0 fully saturated rings. The molecule has 5 rings (SSSR count). The second-order valence-corrected chi connectivity index (χ2v) is 7.47. The van der Waals surface area contributed by atoms with Gasteiger partial charge in [-0.05, 0) is 31.2 Å². The summed E-state index contributed by atoms with van der Waals surface area (Å²) >= 11 is 0. The zero-order valence-corrected chi connectivity index (χ0v) is 17.7. The largest absolute Gasteiger partial charge is 0.494 e. The van der Waals surface area contributed by atoms with E-state index in [0.717, 1.165) is 22.3 Å². The Hall–Kier alpha value is -4.33. The molecule has 8 heteroatoms. The second-order valence-electron chi connectivity index (χ2n) is 7.47. The zero-order chi connectivity index (χ0) is 22.1. The quantitative estimate of drug-likeness (QED) is 0.457. The Morgan fingerprint density at radius 2 is 1.78 bits per heavy atom. The van der Waals surface area contributed by atoms with Gasteiger partial charge in [-0.2, -0.15) is 0 Å². The van der Waals surface area contributed by atoms with E-state index in [9.17, 15) is 0 Å². The minimum Gasteiger partial charge on any atom is -0.494 e. The van der Waals surface area contributed by atoms with Crippen LogP contribution in [0.25, 0.3) is 33.5 Å². The summed E-state index contributed by atoms with van der Waals surface area (Å²) in [4.78, 5) is 13.5. The summed E-state index contributed by atoms with van der Waals surface area (Å²) in [5.41, 5.74) is 11.9. The number of hydrogen-bond donors (Lipinski definition) is 1. The lowest BCUT2D eigenvalue weighted by Crippen LogP contribution is -2.03. The maximum Gasteiger partial charge on any atom is 0.221 e. The number of methoxy groups -OCH3 is 1. The van der Waals surface area contributed by atoms with Gasteiger partial charge in [0.05, 0.1) is 31.2 Å². The number of fused-ring (bicyclic) bond motifs is 1. The van der Waals surface area contributed by atoms with Gasteiger partial charge in [-0.1, -0.05) is 47.2 Å². The SMILES string of the molecule is COc1cccc2c(-c3cn(Cc4cccc(-c5cccc(C)c5)n4)nn3)nc(N)nc12. The Morgan fingerprint density at radius 3 is 2.62 bits per heavy atom. The molecule has 5 aromatic rings. The first kappa shape index (κ1) is 19.6. The molecule has 32 heavy (non-hydrogen) atoms. The molecule has 3 aromatic heterocycles. The van der Waals surface area contributed by atoms with Gasteiger partial charge in [0.2, 0.25) is 5.95 Å². The molecule has 8 nitrogen and oxygen atoms in total. The average molecular weight is 423 g/mol. The summed E-state index contributed by atoms with van der Waals surface area (Å²) in [6, 6.07) is 19.9. The van der Waals surface area contributed by atoms with E-state index in [1.54, 1.807) is 11.8 Å². The summed E-state index contributed by atoms with van der Waals surface area (Å²) in [5, 5.41) is 9.39. The van der Waals surface area contributed by atoms with Crippen molar-refractivity contribution in [3.8, 4) is 28.4 Å². The van der Waals surface area contributed by atoms with Crippen molar-refractivity contribution in [3.63, 3.8) is 0 Å². The molecule has 0 saturated heterocycles. The number of para-hydroxylation sites is 1. The lowest BCUT2D eigenvalue weighted by molar-refractivity contribution is 0.419. The van der Waals surface area contributed by atoms with Crippen LogP contribution in [0.5, 0.6) is 5.75 Å². The molecular weight excluding hydrogens is 402 g/mol. The molecule has 0 aliphatic carbocycles. The highest BCUT2D eigenvalue weighted by Crippen LogP contribution is 2.30. The lowest BCUT2D eigenvalue weighted by Gasteiger charge is -2.07. The molecule has 0 radical (unpaired) electrons. The summed E-state index contributed by atoms with van der Waals surface area (Å²) in [6.07, 6.45) is 1.84. The van der Waals surface area contributed by atoms with E-state index in [1.807, 2.05) is 48.7 Å². The first-order chi connectivity index (χ1) is 15.6. The van der Waals surface area contributed by atoms with Crippen molar-refractivity contribution in [1.29, 1.82) is 0 Å². The van der Waals surface area contributed by atoms with Crippen molar-refractivity contribution >= 4 is 16.9 Å². The van der Waals surface area contributed by atoms with Gasteiger partial charge in [0, 0.05) is 10.9 Å². The number of aryl methyl sites for hydroxylation is 1. The number of hydrogen-bond acceptors (Lipinski definition) is 7. The van der Waals surface area contributed by atoms with Crippen LogP contribution in [-0.2, 0) is 6.54 Å². The average Bonchev–Trinajstić information content (AvgIpc) is 3.26. The number of nitrogens with zero attached hydrogens (tertiary/aromatic N) is 6. The number of rotatable bonds is 5. The molecular formula is C24H21N7O. The fraction of sp³-hybridized carbons (Fsp3) is 0.125. The number of aromatic nitrogens is 6. The second kappa shape index (κ2) is 8.07. The van der Waals surface area contributed by atoms with E-state index >= 15 is 0 Å². The van der Waals surface area contributed by atoms with Gasteiger partial charge in [0.15, 0.2) is 0 Å². The van der Waals surface area contributed by atoms with E-state index in [0.29, 0.717) is 29.2 Å². The van der Waals surface area contributed by atoms with Gasteiger partial charge in [-0.25, -0.2) is 14.6 Å². The van der Waals surface area contributed by atoms with Crippen LogP contribution in [0.1, 0.15) is 11.3 Å². The molecule has 0 unspecified atom stereocenters. The Morgan fingerprint density at radius 1 is 0.938 bits per heavy atom. The normalized spacial score (nSPS) is 11.1. The van der Waals surface area contributed by atoms with Crippen LogP contribution < -0.4 is 10.5 Å². The van der Waals surface area contributed by atoms with E-state index in [4.69, 9.17) is 15.5 Å². The molecule has 2 N–H and O–H groups in total. The first-order valence-corrected chi connectivity index (χ1v) is 10.1. The molecule has 158 valence electrons. The third-order valence-electron chi connectivity index (χ3n) is 5.15. The minimum atomic E-state index is 0.152. The topological polar surface area (TPSA) is 105 Å². The number of benzene rings is 2. The third-order valence-corrected chi connectivity index (χ3v) is 5.15. The van der Waals surface area contributed by atoms with E-state index in [1.165, 1.54) is 5.56 Å². The molecule has 0 bridgehead atoms. The molecule has 0 aliphatic rings. The monoisotopic (exact) mass is 423 g/mol. The van der Waals surface area contributed by atoms with Crippen LogP contribution in [0, 0.1) is 6.92 Å². The summed E-state index contributed by atoms with van der Waals surface area (Å²) in [7, 11) is 1.60. The standard InChI is InChI=1S/C24H21N7O/c1-15-6-3-7-16(12-15)19-10-4-8-17(26-19)13-31-14-20(29-30-31)22-18-9-5-11-21(32-2)23(18)28-24(25)27-22/h3-12,14H,13H2,1-2H3,(H2,25,27,28). The van der Waals surface area contributed by atoms with Gasteiger partial charge in [0.1, 0.15) is 22.7 Å². The van der Waals surface area contributed by atoms with Gasteiger partial charge in [-0.15, -0.1) is 5.10 Å². The molecule has 0 spiro atoms. The summed E-state index contributed by atoms with van der Waals surface area (Å²) < 4.78 is 7.16. The Balaban J connectivity index is 1.47. The number of pyridine rings is 1. The van der Waals surface area contributed by atoms with Crippen LogP contribution in [0.4, 0.5) is 5.95 Å². The van der Waals surface area contributed by atoms with Crippen molar-refractivity contribution in [2.75, 3.05) is 12.8 Å². The van der Waals surface area contributed by atoms with Gasteiger partial charge < -0.3 is 10.5 Å². The number of ether oxygens (including phenoxy) is 1. The smallest absolute Gasteiger partial charge is 0.221 e. The van der Waals surface area contributed by atoms with Crippen LogP contribution in [-0.4, -0.2) is 37.1 Å². The predicted molar refractivity (Wildman–Crippen MR) is 123 cm³/mol. The van der Waals surface area contributed by atoms with Crippen molar-refractivity contribution in [1.82, 2.24) is 29.9 Å². The molecule has 3 heterocycles. The summed E-state index contributed by atoms with van der Waals surface area (Å²) in [5.74, 6) is 0.779. The number of nitrogen functional groups attached to an aromatic ring is 1. The first-order valence-electron chi connectivity index (χ1n) is 10.1. The predicted octanol–water partition coefficient (Wildman–Crippen LogP) is 3.90.